The average Bonchev–Trinajstić information content (AvgIpc) is 2.03. The molecular formula is C8H20N2S. The second kappa shape index (κ2) is 10.3. The second-order valence-electron chi connectivity index (χ2n) is 2.32. The van der Waals surface area contributed by atoms with Gasteiger partial charge in [0.2, 0.25) is 0 Å². The largest absolute Gasteiger partial charge is 0.316 e. The topological polar surface area (TPSA) is 24.1 Å². The first-order valence-corrected chi connectivity index (χ1v) is 5.56. The van der Waals surface area contributed by atoms with E-state index in [9.17, 15) is 0 Å². The predicted octanol–water partition coefficient (Wildman–Crippen LogP) is 0.939. The molecule has 0 saturated carbocycles. The third-order valence-corrected chi connectivity index (χ3v) is 2.33. The molecule has 68 valence electrons. The van der Waals surface area contributed by atoms with E-state index in [-0.39, 0.29) is 0 Å². The van der Waals surface area contributed by atoms with Gasteiger partial charge in [0, 0.05) is 24.6 Å². The van der Waals surface area contributed by atoms with E-state index in [0.717, 1.165) is 26.2 Å². The van der Waals surface area contributed by atoms with Crippen LogP contribution in [0.1, 0.15) is 13.8 Å². The molecule has 0 atom stereocenters. The predicted molar refractivity (Wildman–Crippen MR) is 54.4 cm³/mol. The third kappa shape index (κ3) is 10.3. The van der Waals surface area contributed by atoms with Crippen LogP contribution in [0, 0.1) is 0 Å². The normalized spacial score (nSPS) is 10.4. The van der Waals surface area contributed by atoms with Crippen LogP contribution in [-0.4, -0.2) is 37.7 Å². The summed E-state index contributed by atoms with van der Waals surface area (Å²) >= 11 is 2.01. The molecule has 0 aromatic heterocycles. The van der Waals surface area contributed by atoms with Crippen LogP contribution >= 0.6 is 11.8 Å². The molecule has 0 aromatic rings. The van der Waals surface area contributed by atoms with Gasteiger partial charge in [-0.15, -0.1) is 0 Å². The summed E-state index contributed by atoms with van der Waals surface area (Å²) in [5.74, 6) is 2.47. The summed E-state index contributed by atoms with van der Waals surface area (Å²) in [5.41, 5.74) is 0. The van der Waals surface area contributed by atoms with Gasteiger partial charge in [-0.25, -0.2) is 0 Å². The van der Waals surface area contributed by atoms with E-state index in [1.165, 1.54) is 11.5 Å². The van der Waals surface area contributed by atoms with E-state index in [0.29, 0.717) is 0 Å². The van der Waals surface area contributed by atoms with Gasteiger partial charge < -0.3 is 10.6 Å². The molecule has 3 heteroatoms. The fourth-order valence-corrected chi connectivity index (χ4v) is 1.53. The highest BCUT2D eigenvalue weighted by molar-refractivity contribution is 7.99. The lowest BCUT2D eigenvalue weighted by Gasteiger charge is -2.02. The Balaban J connectivity index is 2.69. The summed E-state index contributed by atoms with van der Waals surface area (Å²) in [7, 11) is 0. The molecule has 0 fully saturated rings. The molecule has 0 saturated heterocycles. The summed E-state index contributed by atoms with van der Waals surface area (Å²) < 4.78 is 0. The molecule has 0 amide bonds. The Morgan fingerprint density at radius 1 is 0.909 bits per heavy atom. The average molecular weight is 176 g/mol. The van der Waals surface area contributed by atoms with Crippen molar-refractivity contribution in [3.05, 3.63) is 0 Å². The minimum Gasteiger partial charge on any atom is -0.316 e. The minimum absolute atomic E-state index is 1.09. The van der Waals surface area contributed by atoms with Gasteiger partial charge in [-0.3, -0.25) is 0 Å². The molecule has 0 aliphatic carbocycles. The second-order valence-corrected chi connectivity index (χ2v) is 3.54. The molecule has 0 aliphatic rings. The van der Waals surface area contributed by atoms with Gasteiger partial charge in [0.25, 0.3) is 0 Å². The molecule has 0 rings (SSSR count). The smallest absolute Gasteiger partial charge is 0.00585 e. The van der Waals surface area contributed by atoms with Crippen molar-refractivity contribution < 1.29 is 0 Å². The van der Waals surface area contributed by atoms with Crippen LogP contribution in [-0.2, 0) is 0 Å². The molecule has 0 unspecified atom stereocenters. The number of nitrogens with one attached hydrogen (secondary N) is 2. The van der Waals surface area contributed by atoms with E-state index in [4.69, 9.17) is 0 Å². The molecule has 0 aliphatic heterocycles. The van der Waals surface area contributed by atoms with E-state index < -0.39 is 0 Å². The first-order chi connectivity index (χ1) is 5.41. The van der Waals surface area contributed by atoms with Gasteiger partial charge in [0.1, 0.15) is 0 Å². The van der Waals surface area contributed by atoms with Gasteiger partial charge in [-0.1, -0.05) is 13.8 Å². The zero-order chi connectivity index (χ0) is 8.36. The van der Waals surface area contributed by atoms with Crippen molar-refractivity contribution >= 4 is 11.8 Å². The highest BCUT2D eigenvalue weighted by Crippen LogP contribution is 1.95. The monoisotopic (exact) mass is 176 g/mol. The maximum absolute atomic E-state index is 3.30. The van der Waals surface area contributed by atoms with Crippen molar-refractivity contribution in [3.63, 3.8) is 0 Å². The Bertz CT molecular complexity index is 61.1. The minimum atomic E-state index is 1.09. The van der Waals surface area contributed by atoms with E-state index in [2.05, 4.69) is 24.5 Å². The Kier molecular flexibility index (Phi) is 10.5. The molecule has 0 bridgehead atoms. The van der Waals surface area contributed by atoms with Crippen LogP contribution in [0.3, 0.4) is 0 Å². The molecule has 0 radical (unpaired) electrons. The highest BCUT2D eigenvalue weighted by atomic mass is 32.2. The third-order valence-electron chi connectivity index (χ3n) is 1.35. The van der Waals surface area contributed by atoms with E-state index in [1.807, 2.05) is 11.8 Å². The zero-order valence-electron chi connectivity index (χ0n) is 7.65. The Morgan fingerprint density at radius 3 is 1.73 bits per heavy atom. The summed E-state index contributed by atoms with van der Waals surface area (Å²) in [6.07, 6.45) is 0. The standard InChI is InChI=1S/C8H20N2S/c1-3-9-5-7-11-8-6-10-4-2/h9-10H,3-8H2,1-2H3. The molecule has 2 nitrogen and oxygen atoms in total. The Hall–Kier alpha value is 0.270. The molecule has 0 heterocycles. The van der Waals surface area contributed by atoms with E-state index >= 15 is 0 Å². The van der Waals surface area contributed by atoms with Crippen LogP contribution in [0.25, 0.3) is 0 Å². The lowest BCUT2D eigenvalue weighted by molar-refractivity contribution is 0.759. The van der Waals surface area contributed by atoms with Crippen LogP contribution in [0.2, 0.25) is 0 Å². The van der Waals surface area contributed by atoms with Crippen molar-refractivity contribution in [1.82, 2.24) is 10.6 Å². The fraction of sp³-hybridized carbons (Fsp3) is 1.00. The quantitative estimate of drug-likeness (QED) is 0.538. The van der Waals surface area contributed by atoms with Crippen molar-refractivity contribution in [2.45, 2.75) is 13.8 Å². The van der Waals surface area contributed by atoms with E-state index in [1.54, 1.807) is 0 Å². The van der Waals surface area contributed by atoms with Crippen LogP contribution < -0.4 is 10.6 Å². The van der Waals surface area contributed by atoms with Crippen LogP contribution in [0.5, 0.6) is 0 Å². The van der Waals surface area contributed by atoms with Crippen molar-refractivity contribution in [1.29, 1.82) is 0 Å². The number of rotatable bonds is 8. The van der Waals surface area contributed by atoms with Crippen molar-refractivity contribution in [3.8, 4) is 0 Å². The molecule has 2 N–H and O–H groups in total. The van der Waals surface area contributed by atoms with Gasteiger partial charge in [0.15, 0.2) is 0 Å². The zero-order valence-corrected chi connectivity index (χ0v) is 8.47. The maximum atomic E-state index is 3.30. The Labute approximate surface area is 74.5 Å². The van der Waals surface area contributed by atoms with Crippen LogP contribution in [0.15, 0.2) is 0 Å². The van der Waals surface area contributed by atoms with Crippen LogP contribution in [0.4, 0.5) is 0 Å². The summed E-state index contributed by atoms with van der Waals surface area (Å²) in [5, 5.41) is 6.60. The van der Waals surface area contributed by atoms with Gasteiger partial charge in [0.05, 0.1) is 0 Å². The first kappa shape index (κ1) is 11.3. The lowest BCUT2D eigenvalue weighted by Crippen LogP contribution is -2.19. The molecule has 0 aromatic carbocycles. The Morgan fingerprint density at radius 2 is 1.36 bits per heavy atom. The van der Waals surface area contributed by atoms with Gasteiger partial charge in [-0.05, 0) is 13.1 Å². The maximum Gasteiger partial charge on any atom is 0.00585 e. The number of hydrogen-bond acceptors (Lipinski definition) is 3. The van der Waals surface area contributed by atoms with Crippen molar-refractivity contribution in [2.75, 3.05) is 37.7 Å². The lowest BCUT2D eigenvalue weighted by atomic mass is 10.7. The number of thioether (sulfide) groups is 1. The molecular weight excluding hydrogens is 156 g/mol. The number of hydrogen-bond donors (Lipinski definition) is 2. The van der Waals surface area contributed by atoms with Gasteiger partial charge >= 0.3 is 0 Å². The summed E-state index contributed by atoms with van der Waals surface area (Å²) in [4.78, 5) is 0. The SMILES string of the molecule is CCNCCSCCNCC. The van der Waals surface area contributed by atoms with Crippen molar-refractivity contribution in [2.24, 2.45) is 0 Å². The summed E-state index contributed by atoms with van der Waals surface area (Å²) in [6, 6.07) is 0. The van der Waals surface area contributed by atoms with Gasteiger partial charge in [-0.2, -0.15) is 11.8 Å². The molecule has 0 spiro atoms. The molecule has 11 heavy (non-hydrogen) atoms. The summed E-state index contributed by atoms with van der Waals surface area (Å²) in [6.45, 7) is 8.76. The first-order valence-electron chi connectivity index (χ1n) is 4.41. The highest BCUT2D eigenvalue weighted by Gasteiger charge is 1.87. The fourth-order valence-electron chi connectivity index (χ4n) is 0.744.